The van der Waals surface area contributed by atoms with Crippen molar-refractivity contribution in [2.24, 2.45) is 0 Å². The number of aromatic hydroxyl groups is 1. The van der Waals surface area contributed by atoms with Gasteiger partial charge in [-0.2, -0.15) is 5.10 Å². The van der Waals surface area contributed by atoms with Gasteiger partial charge in [0.15, 0.2) is 10.6 Å². The molecule has 0 fully saturated rings. The highest BCUT2D eigenvalue weighted by Crippen LogP contribution is 2.28. The highest BCUT2D eigenvalue weighted by molar-refractivity contribution is 7.71. The summed E-state index contributed by atoms with van der Waals surface area (Å²) in [7, 11) is 0. The number of hydrogen-bond acceptors (Lipinski definition) is 3. The van der Waals surface area contributed by atoms with Crippen LogP contribution in [0.1, 0.15) is 18.1 Å². The molecule has 0 radical (unpaired) electrons. The number of phenolic OH excluding ortho intramolecular Hbond substituents is 1. The molecule has 1 heterocycles. The molecular formula is C17H17N3OS. The summed E-state index contributed by atoms with van der Waals surface area (Å²) in [5, 5.41) is 16.9. The van der Waals surface area contributed by atoms with Crippen molar-refractivity contribution in [1.29, 1.82) is 0 Å². The van der Waals surface area contributed by atoms with Crippen molar-refractivity contribution in [1.82, 2.24) is 14.8 Å². The first kappa shape index (κ1) is 14.5. The lowest BCUT2D eigenvalue weighted by Gasteiger charge is -2.12. The standard InChI is InChI=1S/C17H17N3OS/c1-3-12-6-4-5-7-15(12)20-16(18-19-17(20)22)14-9-8-13(21)10-11(14)2/h4-10,21H,3H2,1-2H3,(H,19,22). The van der Waals surface area contributed by atoms with E-state index in [4.69, 9.17) is 12.2 Å². The first-order valence-corrected chi connectivity index (χ1v) is 7.58. The number of aromatic amines is 1. The van der Waals surface area contributed by atoms with Crippen molar-refractivity contribution >= 4 is 12.2 Å². The van der Waals surface area contributed by atoms with E-state index in [-0.39, 0.29) is 5.75 Å². The quantitative estimate of drug-likeness (QED) is 0.714. The maximum Gasteiger partial charge on any atom is 0.200 e. The van der Waals surface area contributed by atoms with Crippen LogP contribution in [0.15, 0.2) is 42.5 Å². The maximum absolute atomic E-state index is 9.60. The summed E-state index contributed by atoms with van der Waals surface area (Å²) in [5.74, 6) is 0.999. The van der Waals surface area contributed by atoms with Gasteiger partial charge in [0.25, 0.3) is 0 Å². The number of aryl methyl sites for hydroxylation is 2. The number of nitrogens with zero attached hydrogens (tertiary/aromatic N) is 2. The SMILES string of the molecule is CCc1ccccc1-n1c(-c2ccc(O)cc2C)n[nH]c1=S. The van der Waals surface area contributed by atoms with Crippen LogP contribution in [0.2, 0.25) is 0 Å². The molecule has 0 atom stereocenters. The molecule has 2 N–H and O–H groups in total. The lowest BCUT2D eigenvalue weighted by molar-refractivity contribution is 0.475. The second kappa shape index (κ2) is 5.77. The lowest BCUT2D eigenvalue weighted by atomic mass is 10.1. The van der Waals surface area contributed by atoms with E-state index in [9.17, 15) is 5.11 Å². The maximum atomic E-state index is 9.60. The van der Waals surface area contributed by atoms with Gasteiger partial charge < -0.3 is 5.11 Å². The van der Waals surface area contributed by atoms with Gasteiger partial charge in [0.1, 0.15) is 5.75 Å². The Kier molecular flexibility index (Phi) is 3.81. The van der Waals surface area contributed by atoms with Crippen LogP contribution < -0.4 is 0 Å². The Labute approximate surface area is 134 Å². The summed E-state index contributed by atoms with van der Waals surface area (Å²) in [5.41, 5.74) is 4.13. The molecule has 0 saturated carbocycles. The Morgan fingerprint density at radius 2 is 2.00 bits per heavy atom. The Bertz CT molecular complexity index is 880. The van der Waals surface area contributed by atoms with Crippen molar-refractivity contribution in [2.45, 2.75) is 20.3 Å². The van der Waals surface area contributed by atoms with E-state index in [0.29, 0.717) is 4.77 Å². The monoisotopic (exact) mass is 311 g/mol. The van der Waals surface area contributed by atoms with Crippen molar-refractivity contribution in [3.05, 3.63) is 58.4 Å². The molecule has 0 unspecified atom stereocenters. The van der Waals surface area contributed by atoms with Crippen LogP contribution in [0.25, 0.3) is 17.1 Å². The number of H-pyrrole nitrogens is 1. The van der Waals surface area contributed by atoms with Gasteiger partial charge in [-0.25, -0.2) is 0 Å². The molecule has 5 heteroatoms. The second-order valence-electron chi connectivity index (χ2n) is 5.17. The Morgan fingerprint density at radius 3 is 2.73 bits per heavy atom. The average Bonchev–Trinajstić information content (AvgIpc) is 2.88. The van der Waals surface area contributed by atoms with Crippen molar-refractivity contribution in [3.63, 3.8) is 0 Å². The van der Waals surface area contributed by atoms with Gasteiger partial charge in [-0.15, -0.1) is 0 Å². The third-order valence-corrected chi connectivity index (χ3v) is 4.01. The zero-order valence-corrected chi connectivity index (χ0v) is 13.3. The number of para-hydroxylation sites is 1. The molecule has 0 aliphatic carbocycles. The molecule has 0 saturated heterocycles. The molecule has 0 amide bonds. The fraction of sp³-hybridized carbons (Fsp3) is 0.176. The van der Waals surface area contributed by atoms with Crippen molar-refractivity contribution in [2.75, 3.05) is 0 Å². The molecule has 2 aromatic carbocycles. The first-order chi connectivity index (χ1) is 10.6. The Morgan fingerprint density at radius 1 is 1.23 bits per heavy atom. The van der Waals surface area contributed by atoms with Gasteiger partial charge in [0, 0.05) is 5.56 Å². The molecule has 4 nitrogen and oxygen atoms in total. The topological polar surface area (TPSA) is 53.8 Å². The average molecular weight is 311 g/mol. The fourth-order valence-electron chi connectivity index (χ4n) is 2.63. The molecule has 3 rings (SSSR count). The summed E-state index contributed by atoms with van der Waals surface area (Å²) in [4.78, 5) is 0. The predicted molar refractivity (Wildman–Crippen MR) is 90.0 cm³/mol. The third-order valence-electron chi connectivity index (χ3n) is 3.74. The molecule has 0 spiro atoms. The molecular weight excluding hydrogens is 294 g/mol. The summed E-state index contributed by atoms with van der Waals surface area (Å²) < 4.78 is 2.51. The Hall–Kier alpha value is -2.40. The van der Waals surface area contributed by atoms with Crippen LogP contribution in [0.3, 0.4) is 0 Å². The van der Waals surface area contributed by atoms with Crippen LogP contribution in [0, 0.1) is 11.7 Å². The smallest absolute Gasteiger partial charge is 0.200 e. The molecule has 3 aromatic rings. The van der Waals surface area contributed by atoms with E-state index in [1.54, 1.807) is 12.1 Å². The van der Waals surface area contributed by atoms with Crippen LogP contribution in [-0.4, -0.2) is 19.9 Å². The van der Waals surface area contributed by atoms with E-state index in [2.05, 4.69) is 23.2 Å². The highest BCUT2D eigenvalue weighted by atomic mass is 32.1. The number of rotatable bonds is 3. The molecule has 22 heavy (non-hydrogen) atoms. The summed E-state index contributed by atoms with van der Waals surface area (Å²) in [6, 6.07) is 13.4. The Balaban J connectivity index is 2.27. The number of nitrogens with one attached hydrogen (secondary N) is 1. The molecule has 0 bridgehead atoms. The normalized spacial score (nSPS) is 10.8. The number of benzene rings is 2. The van der Waals surface area contributed by atoms with E-state index in [0.717, 1.165) is 29.1 Å². The molecule has 0 aliphatic rings. The lowest BCUT2D eigenvalue weighted by Crippen LogP contribution is -2.02. The largest absolute Gasteiger partial charge is 0.508 e. The number of phenols is 1. The minimum atomic E-state index is 0.246. The number of hydrogen-bond donors (Lipinski definition) is 2. The van der Waals surface area contributed by atoms with Gasteiger partial charge in [0.05, 0.1) is 5.69 Å². The van der Waals surface area contributed by atoms with E-state index in [1.165, 1.54) is 5.56 Å². The first-order valence-electron chi connectivity index (χ1n) is 7.17. The van der Waals surface area contributed by atoms with E-state index in [1.807, 2.05) is 35.8 Å². The minimum Gasteiger partial charge on any atom is -0.508 e. The third kappa shape index (κ3) is 2.44. The summed E-state index contributed by atoms with van der Waals surface area (Å²) in [6.45, 7) is 4.07. The van der Waals surface area contributed by atoms with Gasteiger partial charge in [-0.3, -0.25) is 9.67 Å². The van der Waals surface area contributed by atoms with E-state index < -0.39 is 0 Å². The zero-order chi connectivity index (χ0) is 15.7. The van der Waals surface area contributed by atoms with Gasteiger partial charge >= 0.3 is 0 Å². The van der Waals surface area contributed by atoms with Gasteiger partial charge in [-0.1, -0.05) is 25.1 Å². The highest BCUT2D eigenvalue weighted by Gasteiger charge is 2.14. The van der Waals surface area contributed by atoms with Gasteiger partial charge in [-0.05, 0) is 61.0 Å². The van der Waals surface area contributed by atoms with Crippen LogP contribution in [0.4, 0.5) is 0 Å². The molecule has 1 aromatic heterocycles. The van der Waals surface area contributed by atoms with E-state index >= 15 is 0 Å². The second-order valence-corrected chi connectivity index (χ2v) is 5.56. The number of aromatic nitrogens is 3. The van der Waals surface area contributed by atoms with Crippen LogP contribution >= 0.6 is 12.2 Å². The van der Waals surface area contributed by atoms with Crippen molar-refractivity contribution in [3.8, 4) is 22.8 Å². The van der Waals surface area contributed by atoms with Crippen molar-refractivity contribution < 1.29 is 5.11 Å². The fourth-order valence-corrected chi connectivity index (χ4v) is 2.86. The van der Waals surface area contributed by atoms with Gasteiger partial charge in [0.2, 0.25) is 0 Å². The molecule has 112 valence electrons. The zero-order valence-electron chi connectivity index (χ0n) is 12.5. The van der Waals surface area contributed by atoms with Crippen LogP contribution in [0.5, 0.6) is 5.75 Å². The predicted octanol–water partition coefficient (Wildman–Crippen LogP) is 4.17. The minimum absolute atomic E-state index is 0.246. The summed E-state index contributed by atoms with van der Waals surface area (Å²) in [6.07, 6.45) is 0.914. The summed E-state index contributed by atoms with van der Waals surface area (Å²) >= 11 is 5.43. The van der Waals surface area contributed by atoms with Crippen LogP contribution in [-0.2, 0) is 6.42 Å². The molecule has 0 aliphatic heterocycles.